The van der Waals surface area contributed by atoms with E-state index in [0.717, 1.165) is 26.8 Å². The summed E-state index contributed by atoms with van der Waals surface area (Å²) in [5, 5.41) is 0. The molecule has 0 unspecified atom stereocenters. The van der Waals surface area contributed by atoms with Crippen molar-refractivity contribution in [2.45, 2.75) is 26.8 Å². The molecule has 0 aromatic carbocycles. The van der Waals surface area contributed by atoms with Crippen LogP contribution >= 0.6 is 0 Å². The summed E-state index contributed by atoms with van der Waals surface area (Å²) < 4.78 is 6.80. The van der Waals surface area contributed by atoms with E-state index >= 15 is 0 Å². The fourth-order valence-corrected chi connectivity index (χ4v) is 26.1. The van der Waals surface area contributed by atoms with Gasteiger partial charge in [-0.3, -0.25) is 0 Å². The predicted molar refractivity (Wildman–Crippen MR) is 88.7 cm³/mol. The summed E-state index contributed by atoms with van der Waals surface area (Å²) >= 11 is -3.39. The van der Waals surface area contributed by atoms with Crippen LogP contribution in [0.15, 0.2) is 82.0 Å². The maximum atomic E-state index is 4.09. The van der Waals surface area contributed by atoms with Crippen molar-refractivity contribution in [3.63, 3.8) is 0 Å². The third kappa shape index (κ3) is 2.22. The number of rotatable bonds is 8. The minimum atomic E-state index is -3.39. The van der Waals surface area contributed by atoms with Gasteiger partial charge in [-0.05, 0) is 0 Å². The molecule has 0 radical (unpaired) electrons. The number of hydrogen-bond donors (Lipinski definition) is 0. The van der Waals surface area contributed by atoms with E-state index in [9.17, 15) is 0 Å². The number of hydrogen-bond acceptors (Lipinski definition) is 0. The molecule has 0 heterocycles. The fraction of sp³-hybridized carbons (Fsp3) is 0.263. The Morgan fingerprint density at radius 2 is 1.20 bits per heavy atom. The molecule has 0 saturated carbocycles. The molecular formula is C19H25Ta. The van der Waals surface area contributed by atoms with Gasteiger partial charge in [-0.15, -0.1) is 0 Å². The Kier molecular flexibility index (Phi) is 4.70. The Hall–Kier alpha value is -1.08. The van der Waals surface area contributed by atoms with E-state index in [-0.39, 0.29) is 0 Å². The first-order chi connectivity index (χ1) is 9.72. The second-order valence-corrected chi connectivity index (χ2v) is 26.2. The fourth-order valence-electron chi connectivity index (χ4n) is 3.79. The van der Waals surface area contributed by atoms with Crippen LogP contribution < -0.4 is 0 Å². The molecular weight excluding hydrogens is 409 g/mol. The third-order valence-electron chi connectivity index (χ3n) is 4.72. The summed E-state index contributed by atoms with van der Waals surface area (Å²) in [6, 6.07) is 0. The summed E-state index contributed by atoms with van der Waals surface area (Å²) in [6.07, 6.45) is 22.5. The van der Waals surface area contributed by atoms with Crippen molar-refractivity contribution in [2.24, 2.45) is 0 Å². The van der Waals surface area contributed by atoms with Gasteiger partial charge in [0.15, 0.2) is 0 Å². The van der Waals surface area contributed by atoms with Crippen molar-refractivity contribution in [2.75, 3.05) is 0 Å². The van der Waals surface area contributed by atoms with Crippen molar-refractivity contribution in [1.82, 2.24) is 0 Å². The van der Waals surface area contributed by atoms with Gasteiger partial charge in [0.25, 0.3) is 0 Å². The Labute approximate surface area is 124 Å². The summed E-state index contributed by atoms with van der Waals surface area (Å²) in [5.74, 6) is 0. The molecule has 106 valence electrons. The molecule has 0 N–H and O–H groups in total. The average Bonchev–Trinajstić information content (AvgIpc) is 3.14. The van der Waals surface area contributed by atoms with Crippen LogP contribution in [0.1, 0.15) is 12.8 Å². The van der Waals surface area contributed by atoms with Crippen molar-refractivity contribution in [1.29, 1.82) is 0 Å². The Balaban J connectivity index is 2.66. The molecule has 2 rings (SSSR count). The van der Waals surface area contributed by atoms with Crippen molar-refractivity contribution >= 4 is 0 Å². The van der Waals surface area contributed by atoms with E-state index in [4.69, 9.17) is 0 Å². The van der Waals surface area contributed by atoms with Gasteiger partial charge in [-0.25, -0.2) is 0 Å². The first-order valence-corrected chi connectivity index (χ1v) is 17.3. The minimum absolute atomic E-state index is 1.11. The molecule has 0 spiro atoms. The molecule has 20 heavy (non-hydrogen) atoms. The van der Waals surface area contributed by atoms with Gasteiger partial charge in [-0.2, -0.15) is 0 Å². The van der Waals surface area contributed by atoms with Gasteiger partial charge >= 0.3 is 125 Å². The van der Waals surface area contributed by atoms with E-state index in [2.05, 4.69) is 74.4 Å². The van der Waals surface area contributed by atoms with Crippen LogP contribution in [-0.4, -0.2) is 0 Å². The zero-order valence-electron chi connectivity index (χ0n) is 12.3. The van der Waals surface area contributed by atoms with Gasteiger partial charge in [0, 0.05) is 0 Å². The first-order valence-electron chi connectivity index (χ1n) is 7.28. The SMILES string of the molecule is C=C[CH2][Ta]([CH2]C=C)([CH2]C=C)([C]1=CC=CC1)[C]1=CC=CC1. The Morgan fingerprint density at radius 1 is 0.800 bits per heavy atom. The van der Waals surface area contributed by atoms with Gasteiger partial charge < -0.3 is 0 Å². The molecule has 0 fully saturated rings. The second kappa shape index (κ2) is 6.13. The maximum absolute atomic E-state index is 4.09. The van der Waals surface area contributed by atoms with Crippen LogP contribution in [-0.2, 0) is 15.8 Å². The van der Waals surface area contributed by atoms with Crippen LogP contribution in [0.4, 0.5) is 0 Å². The summed E-state index contributed by atoms with van der Waals surface area (Å²) in [4.78, 5) is 0. The standard InChI is InChI=1S/2C5H5.3C3H5.Ta/c2*1-2-4-5-3-1;3*1-3-2;/h2*1-3H,4H2;3*3H,1-2H2;. The van der Waals surface area contributed by atoms with Crippen LogP contribution in [0.5, 0.6) is 0 Å². The Morgan fingerprint density at radius 3 is 1.45 bits per heavy atom. The molecule has 1 heteroatoms. The predicted octanol–water partition coefficient (Wildman–Crippen LogP) is 6.18. The molecule has 0 aromatic heterocycles. The second-order valence-electron chi connectivity index (χ2n) is 5.73. The third-order valence-corrected chi connectivity index (χ3v) is 30.2. The zero-order chi connectivity index (χ0) is 14.5. The molecule has 0 aromatic rings. The van der Waals surface area contributed by atoms with Gasteiger partial charge in [0.1, 0.15) is 0 Å². The normalized spacial score (nSPS) is 19.1. The van der Waals surface area contributed by atoms with E-state index in [1.54, 1.807) is 7.58 Å². The van der Waals surface area contributed by atoms with Crippen LogP contribution in [0, 0.1) is 0 Å². The molecule has 0 atom stereocenters. The van der Waals surface area contributed by atoms with Crippen LogP contribution in [0.3, 0.4) is 0 Å². The van der Waals surface area contributed by atoms with Crippen molar-refractivity contribution < 1.29 is 15.8 Å². The summed E-state index contributed by atoms with van der Waals surface area (Å²) in [7, 11) is 0. The van der Waals surface area contributed by atoms with Gasteiger partial charge in [-0.1, -0.05) is 0 Å². The molecule has 0 saturated heterocycles. The quantitative estimate of drug-likeness (QED) is 0.401. The Bertz CT molecular complexity index is 477. The van der Waals surface area contributed by atoms with Gasteiger partial charge in [0.2, 0.25) is 0 Å². The van der Waals surface area contributed by atoms with Crippen molar-refractivity contribution in [3.8, 4) is 0 Å². The first kappa shape index (κ1) is 15.3. The van der Waals surface area contributed by atoms with E-state index in [1.165, 1.54) is 0 Å². The monoisotopic (exact) mass is 434 g/mol. The molecule has 0 amide bonds. The summed E-state index contributed by atoms with van der Waals surface area (Å²) in [5.41, 5.74) is 0. The van der Waals surface area contributed by atoms with Gasteiger partial charge in [0.05, 0.1) is 0 Å². The van der Waals surface area contributed by atoms with Crippen LogP contribution in [0.2, 0.25) is 13.9 Å². The topological polar surface area (TPSA) is 0 Å². The van der Waals surface area contributed by atoms with E-state index < -0.39 is 15.8 Å². The van der Waals surface area contributed by atoms with Crippen molar-refractivity contribution in [3.05, 3.63) is 82.0 Å². The van der Waals surface area contributed by atoms with Crippen LogP contribution in [0.25, 0.3) is 0 Å². The van der Waals surface area contributed by atoms with E-state index in [0.29, 0.717) is 0 Å². The van der Waals surface area contributed by atoms with E-state index in [1.807, 2.05) is 0 Å². The molecule has 2 aliphatic rings. The zero-order valence-corrected chi connectivity index (χ0v) is 15.5. The molecule has 0 nitrogen and oxygen atoms in total. The molecule has 2 aliphatic carbocycles. The summed E-state index contributed by atoms with van der Waals surface area (Å²) in [6.45, 7) is 12.3. The average molecular weight is 434 g/mol. The number of allylic oxidation sites excluding steroid dienone is 11. The molecule has 0 bridgehead atoms. The molecule has 0 aliphatic heterocycles.